The van der Waals surface area contributed by atoms with Crippen molar-refractivity contribution in [2.24, 2.45) is 5.73 Å². The molecule has 2 aromatic rings. The van der Waals surface area contributed by atoms with Crippen molar-refractivity contribution in [3.63, 3.8) is 0 Å². The SMILES string of the molecule is Cc1cc(C(N)Cc2ccc(C(C)(C)C)cc2)c(C)nn1. The molecule has 0 aliphatic heterocycles. The van der Waals surface area contributed by atoms with Crippen LogP contribution in [-0.4, -0.2) is 10.2 Å². The predicted octanol–water partition coefficient (Wildman–Crippen LogP) is 3.63. The molecule has 1 heterocycles. The van der Waals surface area contributed by atoms with Gasteiger partial charge in [0.1, 0.15) is 0 Å². The molecule has 0 fully saturated rings. The molecule has 0 saturated carbocycles. The zero-order chi connectivity index (χ0) is 15.6. The Balaban J connectivity index is 2.16. The van der Waals surface area contributed by atoms with Crippen LogP contribution in [0, 0.1) is 13.8 Å². The molecule has 1 aromatic carbocycles. The van der Waals surface area contributed by atoms with Gasteiger partial charge in [0.15, 0.2) is 0 Å². The van der Waals surface area contributed by atoms with Gasteiger partial charge in [-0.25, -0.2) is 0 Å². The molecule has 0 saturated heterocycles. The summed E-state index contributed by atoms with van der Waals surface area (Å²) < 4.78 is 0. The van der Waals surface area contributed by atoms with Crippen molar-refractivity contribution < 1.29 is 0 Å². The monoisotopic (exact) mass is 283 g/mol. The van der Waals surface area contributed by atoms with E-state index >= 15 is 0 Å². The Labute approximate surface area is 127 Å². The maximum Gasteiger partial charge on any atom is 0.0648 e. The molecular weight excluding hydrogens is 258 g/mol. The summed E-state index contributed by atoms with van der Waals surface area (Å²) in [7, 11) is 0. The fourth-order valence-corrected chi connectivity index (χ4v) is 2.45. The van der Waals surface area contributed by atoms with Crippen molar-refractivity contribution >= 4 is 0 Å². The average molecular weight is 283 g/mol. The average Bonchev–Trinajstić information content (AvgIpc) is 2.41. The lowest BCUT2D eigenvalue weighted by Crippen LogP contribution is -2.16. The maximum absolute atomic E-state index is 6.35. The highest BCUT2D eigenvalue weighted by Crippen LogP contribution is 2.24. The molecule has 0 aliphatic carbocycles. The van der Waals surface area contributed by atoms with E-state index in [-0.39, 0.29) is 11.5 Å². The highest BCUT2D eigenvalue weighted by Gasteiger charge is 2.15. The normalized spacial score (nSPS) is 13.2. The van der Waals surface area contributed by atoms with Gasteiger partial charge in [0.05, 0.1) is 11.4 Å². The smallest absolute Gasteiger partial charge is 0.0648 e. The van der Waals surface area contributed by atoms with Crippen LogP contribution in [0.5, 0.6) is 0 Å². The summed E-state index contributed by atoms with van der Waals surface area (Å²) in [4.78, 5) is 0. The van der Waals surface area contributed by atoms with Gasteiger partial charge in [-0.3, -0.25) is 0 Å². The number of hydrogen-bond donors (Lipinski definition) is 1. The number of benzene rings is 1. The highest BCUT2D eigenvalue weighted by molar-refractivity contribution is 5.30. The zero-order valence-electron chi connectivity index (χ0n) is 13.6. The van der Waals surface area contributed by atoms with Crippen molar-refractivity contribution in [2.45, 2.75) is 52.5 Å². The zero-order valence-corrected chi connectivity index (χ0v) is 13.6. The van der Waals surface area contributed by atoms with Gasteiger partial charge in [0.25, 0.3) is 0 Å². The van der Waals surface area contributed by atoms with Gasteiger partial charge in [0, 0.05) is 6.04 Å². The van der Waals surface area contributed by atoms with E-state index in [1.807, 2.05) is 19.9 Å². The fraction of sp³-hybridized carbons (Fsp3) is 0.444. The van der Waals surface area contributed by atoms with E-state index in [0.29, 0.717) is 0 Å². The summed E-state index contributed by atoms with van der Waals surface area (Å²) in [5.41, 5.74) is 12.0. The molecular formula is C18H25N3. The summed E-state index contributed by atoms with van der Waals surface area (Å²) in [6.45, 7) is 10.6. The Kier molecular flexibility index (Phi) is 4.43. The molecule has 3 nitrogen and oxygen atoms in total. The first kappa shape index (κ1) is 15.6. The molecule has 2 rings (SSSR count). The van der Waals surface area contributed by atoms with E-state index in [1.54, 1.807) is 0 Å². The third-order valence-electron chi connectivity index (χ3n) is 3.81. The lowest BCUT2D eigenvalue weighted by molar-refractivity contribution is 0.589. The van der Waals surface area contributed by atoms with Crippen LogP contribution in [0.25, 0.3) is 0 Å². The molecule has 112 valence electrons. The van der Waals surface area contributed by atoms with Gasteiger partial charge in [0.2, 0.25) is 0 Å². The number of nitrogens with zero attached hydrogens (tertiary/aromatic N) is 2. The van der Waals surface area contributed by atoms with E-state index < -0.39 is 0 Å². The number of nitrogens with two attached hydrogens (primary N) is 1. The fourth-order valence-electron chi connectivity index (χ4n) is 2.45. The van der Waals surface area contributed by atoms with E-state index in [4.69, 9.17) is 5.73 Å². The minimum Gasteiger partial charge on any atom is -0.324 e. The van der Waals surface area contributed by atoms with Crippen LogP contribution in [0.1, 0.15) is 54.9 Å². The largest absolute Gasteiger partial charge is 0.324 e. The van der Waals surface area contributed by atoms with Crippen molar-refractivity contribution in [2.75, 3.05) is 0 Å². The first-order valence-corrected chi connectivity index (χ1v) is 7.43. The van der Waals surface area contributed by atoms with Gasteiger partial charge < -0.3 is 5.73 Å². The molecule has 1 unspecified atom stereocenters. The third-order valence-corrected chi connectivity index (χ3v) is 3.81. The first-order valence-electron chi connectivity index (χ1n) is 7.43. The third kappa shape index (κ3) is 3.88. The molecule has 0 spiro atoms. The van der Waals surface area contributed by atoms with Crippen molar-refractivity contribution in [1.29, 1.82) is 0 Å². The molecule has 0 bridgehead atoms. The summed E-state index contributed by atoms with van der Waals surface area (Å²) in [6, 6.07) is 10.8. The predicted molar refractivity (Wildman–Crippen MR) is 87.3 cm³/mol. The Bertz CT molecular complexity index is 609. The number of rotatable bonds is 3. The van der Waals surface area contributed by atoms with Gasteiger partial charge in [-0.1, -0.05) is 45.0 Å². The van der Waals surface area contributed by atoms with Crippen LogP contribution < -0.4 is 5.73 Å². The Morgan fingerprint density at radius 3 is 2.24 bits per heavy atom. The highest BCUT2D eigenvalue weighted by atomic mass is 15.1. The molecule has 0 aliphatic rings. The van der Waals surface area contributed by atoms with Crippen molar-refractivity contribution in [3.05, 3.63) is 58.4 Å². The first-order chi connectivity index (χ1) is 9.77. The van der Waals surface area contributed by atoms with Gasteiger partial charge >= 0.3 is 0 Å². The second-order valence-electron chi connectivity index (χ2n) is 6.78. The summed E-state index contributed by atoms with van der Waals surface area (Å²) in [5, 5.41) is 8.22. The molecule has 1 aromatic heterocycles. The molecule has 3 heteroatoms. The second-order valence-corrected chi connectivity index (χ2v) is 6.78. The molecule has 1 atom stereocenters. The van der Waals surface area contributed by atoms with E-state index in [0.717, 1.165) is 23.4 Å². The Morgan fingerprint density at radius 2 is 1.67 bits per heavy atom. The van der Waals surface area contributed by atoms with Crippen molar-refractivity contribution in [1.82, 2.24) is 10.2 Å². The number of hydrogen-bond acceptors (Lipinski definition) is 3. The van der Waals surface area contributed by atoms with Crippen LogP contribution in [-0.2, 0) is 11.8 Å². The van der Waals surface area contributed by atoms with E-state index in [1.165, 1.54) is 11.1 Å². The topological polar surface area (TPSA) is 51.8 Å². The van der Waals surface area contributed by atoms with Crippen LogP contribution in [0.3, 0.4) is 0 Å². The second kappa shape index (κ2) is 5.94. The van der Waals surface area contributed by atoms with Gasteiger partial charge in [-0.2, -0.15) is 10.2 Å². The standard InChI is InChI=1S/C18H25N3/c1-12-10-16(13(2)21-20-12)17(19)11-14-6-8-15(9-7-14)18(3,4)5/h6-10,17H,11,19H2,1-5H3. The van der Waals surface area contributed by atoms with Crippen LogP contribution >= 0.6 is 0 Å². The quantitative estimate of drug-likeness (QED) is 0.935. The Morgan fingerprint density at radius 1 is 1.05 bits per heavy atom. The van der Waals surface area contributed by atoms with E-state index in [9.17, 15) is 0 Å². The Hall–Kier alpha value is -1.74. The van der Waals surface area contributed by atoms with E-state index in [2.05, 4.69) is 55.2 Å². The summed E-state index contributed by atoms with van der Waals surface area (Å²) in [6.07, 6.45) is 0.816. The van der Waals surface area contributed by atoms with Crippen LogP contribution in [0.15, 0.2) is 30.3 Å². The van der Waals surface area contributed by atoms with Gasteiger partial charge in [-0.05, 0) is 48.4 Å². The molecule has 0 radical (unpaired) electrons. The molecule has 2 N–H and O–H groups in total. The minimum absolute atomic E-state index is 0.0420. The molecule has 0 amide bonds. The molecule has 21 heavy (non-hydrogen) atoms. The maximum atomic E-state index is 6.35. The number of aromatic nitrogens is 2. The van der Waals surface area contributed by atoms with Crippen LogP contribution in [0.4, 0.5) is 0 Å². The van der Waals surface area contributed by atoms with Gasteiger partial charge in [-0.15, -0.1) is 0 Å². The van der Waals surface area contributed by atoms with Crippen molar-refractivity contribution in [3.8, 4) is 0 Å². The van der Waals surface area contributed by atoms with Crippen LogP contribution in [0.2, 0.25) is 0 Å². The minimum atomic E-state index is -0.0420. The lowest BCUT2D eigenvalue weighted by Gasteiger charge is -2.20. The lowest BCUT2D eigenvalue weighted by atomic mass is 9.86. The summed E-state index contributed by atoms with van der Waals surface area (Å²) in [5.74, 6) is 0. The summed E-state index contributed by atoms with van der Waals surface area (Å²) >= 11 is 0. The number of aryl methyl sites for hydroxylation is 2.